The second kappa shape index (κ2) is 56.5. The van der Waals surface area contributed by atoms with Crippen LogP contribution in [0.4, 0.5) is 0 Å². The number of phosphoric ester groups is 1. The highest BCUT2D eigenvalue weighted by atomic mass is 31.2. The molecular weight excluding hydrogens is 976 g/mol. The van der Waals surface area contributed by atoms with Gasteiger partial charge in [0, 0.05) is 12.8 Å². The van der Waals surface area contributed by atoms with Crippen LogP contribution in [0, 0.1) is 0 Å². The lowest BCUT2D eigenvalue weighted by Crippen LogP contribution is -2.47. The molecule has 3 atom stereocenters. The van der Waals surface area contributed by atoms with Crippen LogP contribution in [-0.4, -0.2) is 74.3 Å². The van der Waals surface area contributed by atoms with Gasteiger partial charge in [-0.05, 0) is 109 Å². The number of esters is 1. The fourth-order valence-electron chi connectivity index (χ4n) is 8.84. The van der Waals surface area contributed by atoms with Gasteiger partial charge in [0.1, 0.15) is 19.3 Å². The predicted octanol–water partition coefficient (Wildman–Crippen LogP) is 19.8. The molecule has 0 aromatic heterocycles. The molecule has 0 aromatic carbocycles. The number of hydrogen-bond donors (Lipinski definition) is 2. The van der Waals surface area contributed by atoms with Crippen LogP contribution in [0.2, 0.25) is 0 Å². The van der Waals surface area contributed by atoms with Gasteiger partial charge in [0.05, 0.1) is 33.8 Å². The highest BCUT2D eigenvalue weighted by Crippen LogP contribution is 2.43. The predicted molar refractivity (Wildman–Crippen MR) is 332 cm³/mol. The normalized spacial score (nSPS) is 14.2. The number of nitrogens with zero attached hydrogens (tertiary/aromatic N) is 1. The molecule has 0 radical (unpaired) electrons. The molecule has 0 spiro atoms. The summed E-state index contributed by atoms with van der Waals surface area (Å²) in [6.07, 6.45) is 74.3. The molecule has 0 rings (SSSR count). The molecule has 0 saturated carbocycles. The molecular formula is C67H122N2O7P+. The van der Waals surface area contributed by atoms with Crippen molar-refractivity contribution in [1.29, 1.82) is 0 Å². The number of allylic oxidation sites excluding steroid dienone is 13. The molecule has 0 aliphatic carbocycles. The Balaban J connectivity index is 5.34. The first-order chi connectivity index (χ1) is 37.4. The molecule has 0 saturated heterocycles. The van der Waals surface area contributed by atoms with Crippen LogP contribution in [0.3, 0.4) is 0 Å². The number of likely N-dealkylation sites (N-methyl/N-ethyl adjacent to an activating group) is 1. The number of unbranched alkanes of at least 4 members (excludes halogenated alkanes) is 29. The van der Waals surface area contributed by atoms with E-state index in [-0.39, 0.29) is 31.5 Å². The lowest BCUT2D eigenvalue weighted by atomic mass is 10.0. The second-order valence-electron chi connectivity index (χ2n) is 22.6. The summed E-state index contributed by atoms with van der Waals surface area (Å²) < 4.78 is 30.7. The first kappa shape index (κ1) is 74.2. The van der Waals surface area contributed by atoms with Gasteiger partial charge in [0.15, 0.2) is 0 Å². The van der Waals surface area contributed by atoms with E-state index in [0.717, 1.165) is 96.3 Å². The summed E-state index contributed by atoms with van der Waals surface area (Å²) in [6.45, 7) is 6.94. The van der Waals surface area contributed by atoms with E-state index in [9.17, 15) is 19.0 Å². The molecule has 0 heterocycles. The summed E-state index contributed by atoms with van der Waals surface area (Å²) in [4.78, 5) is 37.8. The monoisotopic (exact) mass is 1100 g/mol. The maximum absolute atomic E-state index is 13.6. The second-order valence-corrected chi connectivity index (χ2v) is 24.0. The van der Waals surface area contributed by atoms with E-state index in [4.69, 9.17) is 13.8 Å². The highest BCUT2D eigenvalue weighted by Gasteiger charge is 2.30. The largest absolute Gasteiger partial charge is 0.472 e. The minimum absolute atomic E-state index is 0.0300. The van der Waals surface area contributed by atoms with Crippen LogP contribution in [0.5, 0.6) is 0 Å². The zero-order chi connectivity index (χ0) is 56.4. The molecule has 10 heteroatoms. The smallest absolute Gasteiger partial charge is 0.456 e. The Kier molecular flexibility index (Phi) is 54.4. The van der Waals surface area contributed by atoms with Gasteiger partial charge < -0.3 is 19.4 Å². The van der Waals surface area contributed by atoms with Crippen LogP contribution in [0.1, 0.15) is 278 Å². The summed E-state index contributed by atoms with van der Waals surface area (Å²) in [5, 5.41) is 3.04. The van der Waals surface area contributed by atoms with E-state index in [1.54, 1.807) is 0 Å². The quantitative estimate of drug-likeness (QED) is 0.0205. The van der Waals surface area contributed by atoms with Crippen LogP contribution in [-0.2, 0) is 27.9 Å². The highest BCUT2D eigenvalue weighted by molar-refractivity contribution is 7.47. The Morgan fingerprint density at radius 3 is 1.22 bits per heavy atom. The van der Waals surface area contributed by atoms with E-state index in [1.165, 1.54) is 141 Å². The number of ether oxygens (including phenoxy) is 1. The van der Waals surface area contributed by atoms with Crippen LogP contribution >= 0.6 is 7.82 Å². The van der Waals surface area contributed by atoms with Crippen molar-refractivity contribution >= 4 is 19.7 Å². The number of hydrogen-bond acceptors (Lipinski definition) is 6. The van der Waals surface area contributed by atoms with Crippen molar-refractivity contribution in [2.75, 3.05) is 40.9 Å². The zero-order valence-corrected chi connectivity index (χ0v) is 51.8. The maximum atomic E-state index is 13.6. The van der Waals surface area contributed by atoms with Gasteiger partial charge >= 0.3 is 13.8 Å². The number of phosphoric acid groups is 1. The van der Waals surface area contributed by atoms with Gasteiger partial charge in [-0.2, -0.15) is 0 Å². The standard InChI is InChI=1S/C67H121N2O7P/c1-7-10-13-16-19-22-25-28-30-32-34-36-38-41-44-47-50-53-56-59-66(70)68-64(63-75-77(72,73)74-62-61-69(4,5)6)65(58-55-52-49-46-43-40-27-24-21-18-15-12-9-3)76-67(71)60-57-54-51-48-45-42-39-37-35-33-31-29-26-23-20-17-14-11-8-2/h19-20,22-23,28-31,34,36,41,44,55,58,64-65H,7-18,21,24-27,32-33,35,37-40,42-43,45-54,56-57,59-63H2,1-6H3,(H-,68,70,72,73)/p+1/b22-19-,23-20-,30-28-,31-29-,36-34-,44-41-,58-55+. The summed E-state index contributed by atoms with van der Waals surface area (Å²) in [5.74, 6) is -0.544. The Morgan fingerprint density at radius 2 is 0.792 bits per heavy atom. The molecule has 1 amide bonds. The molecule has 0 bridgehead atoms. The Morgan fingerprint density at radius 1 is 0.455 bits per heavy atom. The van der Waals surface area contributed by atoms with Crippen LogP contribution in [0.25, 0.3) is 0 Å². The average Bonchev–Trinajstić information content (AvgIpc) is 3.39. The zero-order valence-electron chi connectivity index (χ0n) is 50.9. The summed E-state index contributed by atoms with van der Waals surface area (Å²) in [6, 6.07) is -0.871. The first-order valence-corrected chi connectivity index (χ1v) is 33.4. The molecule has 0 aliphatic heterocycles. The fourth-order valence-corrected chi connectivity index (χ4v) is 9.57. The lowest BCUT2D eigenvalue weighted by Gasteiger charge is -2.27. The average molecular weight is 1100 g/mol. The van der Waals surface area contributed by atoms with Crippen molar-refractivity contribution in [3.05, 3.63) is 85.1 Å². The minimum atomic E-state index is -4.46. The number of amides is 1. The number of rotatable bonds is 57. The van der Waals surface area contributed by atoms with E-state index < -0.39 is 20.0 Å². The Bertz CT molecular complexity index is 1590. The van der Waals surface area contributed by atoms with Gasteiger partial charge in [0.25, 0.3) is 0 Å². The molecule has 3 unspecified atom stereocenters. The maximum Gasteiger partial charge on any atom is 0.472 e. The third-order valence-electron chi connectivity index (χ3n) is 13.8. The lowest BCUT2D eigenvalue weighted by molar-refractivity contribution is -0.870. The van der Waals surface area contributed by atoms with Crippen molar-refractivity contribution in [2.24, 2.45) is 0 Å². The molecule has 2 N–H and O–H groups in total. The van der Waals surface area contributed by atoms with E-state index in [2.05, 4.69) is 99.0 Å². The number of nitrogens with one attached hydrogen (secondary N) is 1. The fraction of sp³-hybridized carbons (Fsp3) is 0.761. The van der Waals surface area contributed by atoms with Crippen molar-refractivity contribution in [1.82, 2.24) is 5.32 Å². The number of quaternary nitrogens is 1. The topological polar surface area (TPSA) is 111 Å². The number of carbonyl (C=O) groups is 2. The Hall–Kier alpha value is -2.81. The SMILES string of the molecule is CCCCC/C=C\C/C=C\C/C=C\C/C=C\CCCCCC(=O)NC(COP(=O)(O)OCC[N+](C)(C)C)C(/C=C/CCCCCCCCCCCCC)OC(=O)CCCCCCCCCCC/C=C\C/C=C\CCCCC. The van der Waals surface area contributed by atoms with E-state index in [0.29, 0.717) is 23.9 Å². The third kappa shape index (κ3) is 57.7. The van der Waals surface area contributed by atoms with Crippen molar-refractivity contribution < 1.29 is 37.3 Å². The molecule has 9 nitrogen and oxygen atoms in total. The van der Waals surface area contributed by atoms with Crippen LogP contribution < -0.4 is 5.32 Å². The van der Waals surface area contributed by atoms with Crippen LogP contribution in [0.15, 0.2) is 85.1 Å². The Labute approximate surface area is 476 Å². The molecule has 0 aromatic rings. The minimum Gasteiger partial charge on any atom is -0.456 e. The molecule has 77 heavy (non-hydrogen) atoms. The van der Waals surface area contributed by atoms with Gasteiger partial charge in [-0.1, -0.05) is 241 Å². The number of carbonyl (C=O) groups excluding carboxylic acids is 2. The molecule has 446 valence electrons. The van der Waals surface area contributed by atoms with Crippen molar-refractivity contribution in [2.45, 2.75) is 290 Å². The summed E-state index contributed by atoms with van der Waals surface area (Å²) in [5.41, 5.74) is 0. The first-order valence-electron chi connectivity index (χ1n) is 31.9. The molecule has 0 fully saturated rings. The van der Waals surface area contributed by atoms with E-state index >= 15 is 0 Å². The molecule has 0 aliphatic rings. The third-order valence-corrected chi connectivity index (χ3v) is 14.8. The van der Waals surface area contributed by atoms with Gasteiger partial charge in [-0.15, -0.1) is 0 Å². The van der Waals surface area contributed by atoms with Gasteiger partial charge in [-0.3, -0.25) is 18.6 Å². The van der Waals surface area contributed by atoms with Gasteiger partial charge in [-0.25, -0.2) is 4.57 Å². The van der Waals surface area contributed by atoms with Gasteiger partial charge in [0.2, 0.25) is 5.91 Å². The summed E-state index contributed by atoms with van der Waals surface area (Å²) >= 11 is 0. The van der Waals surface area contributed by atoms with E-state index in [1.807, 2.05) is 33.3 Å². The van der Waals surface area contributed by atoms with Crippen molar-refractivity contribution in [3.8, 4) is 0 Å². The van der Waals surface area contributed by atoms with Crippen molar-refractivity contribution in [3.63, 3.8) is 0 Å². The summed E-state index contributed by atoms with van der Waals surface area (Å²) in [7, 11) is 1.47.